The molecule has 3 heteroatoms. The number of carbonyl (C=O) groups excluding carboxylic acids is 1. The van der Waals surface area contributed by atoms with Crippen molar-refractivity contribution in [2.75, 3.05) is 13.2 Å². The van der Waals surface area contributed by atoms with Crippen LogP contribution in [0.1, 0.15) is 84.0 Å². The van der Waals surface area contributed by atoms with Crippen LogP contribution in [0.4, 0.5) is 4.79 Å². The van der Waals surface area contributed by atoms with Crippen LogP contribution in [-0.4, -0.2) is 19.4 Å². The smallest absolute Gasteiger partial charge is 0.434 e. The highest BCUT2D eigenvalue weighted by atomic mass is 16.7. The summed E-state index contributed by atoms with van der Waals surface area (Å²) >= 11 is 0. The van der Waals surface area contributed by atoms with Crippen LogP contribution in [0.5, 0.6) is 0 Å². The molecule has 0 spiro atoms. The lowest BCUT2D eigenvalue weighted by Gasteiger charge is -2.05. The molecule has 0 atom stereocenters. The Balaban J connectivity index is 3.08. The van der Waals surface area contributed by atoms with Gasteiger partial charge in [-0.25, -0.2) is 4.79 Å². The number of ether oxygens (including phenoxy) is 2. The fourth-order valence-corrected chi connectivity index (χ4v) is 2.16. The molecule has 0 aromatic carbocycles. The quantitative estimate of drug-likeness (QED) is 0.242. The number of carbonyl (C=O) groups is 1. The molecular formula is C18H32O3. The minimum absolute atomic E-state index is 0.244. The molecule has 0 N–H and O–H groups in total. The zero-order valence-corrected chi connectivity index (χ0v) is 13.7. The second-order valence-corrected chi connectivity index (χ2v) is 5.44. The van der Waals surface area contributed by atoms with Gasteiger partial charge in [-0.15, -0.1) is 12.3 Å². The molecule has 0 aromatic rings. The van der Waals surface area contributed by atoms with Gasteiger partial charge in [0.05, 0.1) is 6.61 Å². The maximum atomic E-state index is 11.1. The van der Waals surface area contributed by atoms with Crippen molar-refractivity contribution in [2.24, 2.45) is 0 Å². The molecule has 0 aromatic heterocycles. The van der Waals surface area contributed by atoms with Crippen molar-refractivity contribution in [3.8, 4) is 12.3 Å². The van der Waals surface area contributed by atoms with Crippen LogP contribution in [0.15, 0.2) is 0 Å². The van der Waals surface area contributed by atoms with E-state index in [0.29, 0.717) is 13.0 Å². The summed E-state index contributed by atoms with van der Waals surface area (Å²) in [7, 11) is 0. The fraction of sp³-hybridized carbons (Fsp3) is 0.833. The van der Waals surface area contributed by atoms with Crippen molar-refractivity contribution in [2.45, 2.75) is 84.0 Å². The summed E-state index contributed by atoms with van der Waals surface area (Å²) in [5.41, 5.74) is 0. The summed E-state index contributed by atoms with van der Waals surface area (Å²) in [6, 6.07) is 0. The predicted molar refractivity (Wildman–Crippen MR) is 87.2 cm³/mol. The van der Waals surface area contributed by atoms with Crippen LogP contribution in [0.3, 0.4) is 0 Å². The van der Waals surface area contributed by atoms with E-state index in [4.69, 9.17) is 15.9 Å². The minimum atomic E-state index is -0.600. The largest absolute Gasteiger partial charge is 0.508 e. The van der Waals surface area contributed by atoms with E-state index in [9.17, 15) is 4.79 Å². The molecule has 0 aliphatic heterocycles. The van der Waals surface area contributed by atoms with Gasteiger partial charge < -0.3 is 9.47 Å². The van der Waals surface area contributed by atoms with Gasteiger partial charge in [-0.2, -0.15) is 0 Å². The second-order valence-electron chi connectivity index (χ2n) is 5.44. The zero-order chi connectivity index (χ0) is 15.6. The minimum Gasteiger partial charge on any atom is -0.434 e. The predicted octanol–water partition coefficient (Wildman–Crippen LogP) is 5.47. The van der Waals surface area contributed by atoms with E-state index in [2.05, 4.69) is 12.8 Å². The van der Waals surface area contributed by atoms with Crippen molar-refractivity contribution in [3.05, 3.63) is 0 Å². The van der Waals surface area contributed by atoms with E-state index >= 15 is 0 Å². The van der Waals surface area contributed by atoms with Crippen LogP contribution < -0.4 is 0 Å². The van der Waals surface area contributed by atoms with Crippen LogP contribution in [0.25, 0.3) is 0 Å². The molecule has 0 aliphatic carbocycles. The molecule has 0 aliphatic rings. The number of hydrogen-bond donors (Lipinski definition) is 0. The molecule has 0 unspecified atom stereocenters. The second kappa shape index (κ2) is 16.9. The standard InChI is InChI=1S/C18H32O3/c1-3-5-7-8-9-10-11-12-13-14-15-17-21-18(19)20-16-6-4-2/h2H,3,5-17H2,1H3. The topological polar surface area (TPSA) is 35.5 Å². The van der Waals surface area contributed by atoms with E-state index in [-0.39, 0.29) is 6.61 Å². The average Bonchev–Trinajstić information content (AvgIpc) is 2.48. The third-order valence-electron chi connectivity index (χ3n) is 3.43. The van der Waals surface area contributed by atoms with E-state index in [1.165, 1.54) is 57.8 Å². The van der Waals surface area contributed by atoms with Crippen molar-refractivity contribution in [1.29, 1.82) is 0 Å². The van der Waals surface area contributed by atoms with E-state index in [1.54, 1.807) is 0 Å². The molecule has 0 bridgehead atoms. The lowest BCUT2D eigenvalue weighted by atomic mass is 10.1. The summed E-state index contributed by atoms with van der Waals surface area (Å²) in [5.74, 6) is 2.41. The molecule has 21 heavy (non-hydrogen) atoms. The molecule has 0 rings (SSSR count). The first-order valence-electron chi connectivity index (χ1n) is 8.54. The van der Waals surface area contributed by atoms with Gasteiger partial charge in [-0.05, 0) is 6.42 Å². The first kappa shape index (κ1) is 19.8. The molecular weight excluding hydrogens is 264 g/mol. The van der Waals surface area contributed by atoms with Gasteiger partial charge >= 0.3 is 6.16 Å². The molecule has 0 saturated heterocycles. The number of unbranched alkanes of at least 4 members (excludes halogenated alkanes) is 10. The molecule has 0 radical (unpaired) electrons. The first-order valence-corrected chi connectivity index (χ1v) is 8.54. The van der Waals surface area contributed by atoms with Crippen molar-refractivity contribution in [3.63, 3.8) is 0 Å². The van der Waals surface area contributed by atoms with Crippen molar-refractivity contribution in [1.82, 2.24) is 0 Å². The van der Waals surface area contributed by atoms with Gasteiger partial charge in [-0.3, -0.25) is 0 Å². The van der Waals surface area contributed by atoms with Crippen molar-refractivity contribution >= 4 is 6.16 Å². The van der Waals surface area contributed by atoms with E-state index in [0.717, 1.165) is 12.8 Å². The average molecular weight is 296 g/mol. The fourth-order valence-electron chi connectivity index (χ4n) is 2.16. The maximum absolute atomic E-state index is 11.1. The van der Waals surface area contributed by atoms with Gasteiger partial charge in [0.25, 0.3) is 0 Å². The van der Waals surface area contributed by atoms with Crippen LogP contribution >= 0.6 is 0 Å². The first-order chi connectivity index (χ1) is 10.3. The third kappa shape index (κ3) is 16.8. The Labute approximate surface area is 130 Å². The maximum Gasteiger partial charge on any atom is 0.508 e. The van der Waals surface area contributed by atoms with Gasteiger partial charge in [0.15, 0.2) is 0 Å². The number of hydrogen-bond acceptors (Lipinski definition) is 3. The number of rotatable bonds is 14. The molecule has 0 heterocycles. The highest BCUT2D eigenvalue weighted by Gasteiger charge is 2.02. The molecule has 122 valence electrons. The Morgan fingerprint density at radius 2 is 1.29 bits per heavy atom. The normalized spacial score (nSPS) is 10.1. The highest BCUT2D eigenvalue weighted by molar-refractivity contribution is 5.59. The van der Waals surface area contributed by atoms with Crippen molar-refractivity contribution < 1.29 is 14.3 Å². The Morgan fingerprint density at radius 1 is 0.810 bits per heavy atom. The summed E-state index contributed by atoms with van der Waals surface area (Å²) in [6.45, 7) is 2.94. The van der Waals surface area contributed by atoms with Crippen LogP contribution in [0, 0.1) is 12.3 Å². The molecule has 0 saturated carbocycles. The van der Waals surface area contributed by atoms with Gasteiger partial charge in [0.2, 0.25) is 0 Å². The monoisotopic (exact) mass is 296 g/mol. The molecule has 0 amide bonds. The van der Waals surface area contributed by atoms with Gasteiger partial charge in [-0.1, -0.05) is 71.1 Å². The zero-order valence-electron chi connectivity index (χ0n) is 13.7. The summed E-state index contributed by atoms with van der Waals surface area (Å²) < 4.78 is 9.72. The summed E-state index contributed by atoms with van der Waals surface area (Å²) in [4.78, 5) is 11.1. The van der Waals surface area contributed by atoms with Crippen LogP contribution in [0.2, 0.25) is 0 Å². The molecule has 0 fully saturated rings. The van der Waals surface area contributed by atoms with Gasteiger partial charge in [0, 0.05) is 6.42 Å². The Hall–Kier alpha value is -1.17. The SMILES string of the molecule is C#CCCOC(=O)OCCCCCCCCCCCCC. The lowest BCUT2D eigenvalue weighted by Crippen LogP contribution is -2.09. The van der Waals surface area contributed by atoms with Gasteiger partial charge in [0.1, 0.15) is 6.61 Å². The Kier molecular flexibility index (Phi) is 15.9. The third-order valence-corrected chi connectivity index (χ3v) is 3.43. The Bertz CT molecular complexity index is 268. The molecule has 3 nitrogen and oxygen atoms in total. The van der Waals surface area contributed by atoms with E-state index in [1.807, 2.05) is 0 Å². The summed E-state index contributed by atoms with van der Waals surface area (Å²) in [6.07, 6.45) is 19.0. The van der Waals surface area contributed by atoms with Crippen LogP contribution in [-0.2, 0) is 9.47 Å². The highest BCUT2D eigenvalue weighted by Crippen LogP contribution is 2.11. The lowest BCUT2D eigenvalue weighted by molar-refractivity contribution is 0.0556. The summed E-state index contributed by atoms with van der Waals surface area (Å²) in [5, 5.41) is 0. The van der Waals surface area contributed by atoms with E-state index < -0.39 is 6.16 Å². The Morgan fingerprint density at radius 3 is 1.81 bits per heavy atom. The number of terminal acetylenes is 1.